The van der Waals surface area contributed by atoms with Gasteiger partial charge in [0.25, 0.3) is 6.47 Å². The highest BCUT2D eigenvalue weighted by molar-refractivity contribution is 5.32. The maximum Gasteiger partial charge on any atom is 0.290 e. The second-order valence-corrected chi connectivity index (χ2v) is 5.21. The first kappa shape index (κ1) is 15.5. The Morgan fingerprint density at radius 1 is 1.19 bits per heavy atom. The summed E-state index contributed by atoms with van der Waals surface area (Å²) in [4.78, 5) is 8.36. The van der Waals surface area contributed by atoms with Crippen LogP contribution in [0.1, 0.15) is 72.6 Å². The molecule has 2 heteroatoms. The van der Waals surface area contributed by atoms with Crippen LogP contribution in [0.4, 0.5) is 0 Å². The lowest BCUT2D eigenvalue weighted by atomic mass is 9.59. The van der Waals surface area contributed by atoms with Crippen molar-refractivity contribution >= 4 is 6.47 Å². The van der Waals surface area contributed by atoms with Crippen LogP contribution in [0.15, 0.2) is 0 Å². The van der Waals surface area contributed by atoms with E-state index in [0.29, 0.717) is 10.8 Å². The van der Waals surface area contributed by atoms with Gasteiger partial charge in [-0.1, -0.05) is 53.4 Å². The monoisotopic (exact) mass is 228 g/mol. The predicted octanol–water partition coefficient (Wildman–Crippen LogP) is 4.48. The second-order valence-electron chi connectivity index (χ2n) is 5.21. The molecule has 16 heavy (non-hydrogen) atoms. The van der Waals surface area contributed by atoms with E-state index in [9.17, 15) is 0 Å². The fraction of sp³-hybridized carbons (Fsp3) is 0.929. The molecule has 0 radical (unpaired) electrons. The maximum atomic E-state index is 8.36. The maximum absolute atomic E-state index is 8.36. The molecule has 0 unspecified atom stereocenters. The number of hydrogen-bond donors (Lipinski definition) is 1. The van der Waals surface area contributed by atoms with Gasteiger partial charge in [-0.15, -0.1) is 0 Å². The van der Waals surface area contributed by atoms with Gasteiger partial charge in [-0.25, -0.2) is 0 Å². The molecule has 0 aliphatic heterocycles. The largest absolute Gasteiger partial charge is 0.483 e. The highest BCUT2D eigenvalue weighted by Gasteiger charge is 2.45. The van der Waals surface area contributed by atoms with Gasteiger partial charge in [0, 0.05) is 0 Å². The summed E-state index contributed by atoms with van der Waals surface area (Å²) in [6.45, 7) is 9.41. The van der Waals surface area contributed by atoms with E-state index in [2.05, 4.69) is 27.7 Å². The molecule has 1 aliphatic carbocycles. The summed E-state index contributed by atoms with van der Waals surface area (Å²) < 4.78 is 0. The number of rotatable bonds is 4. The van der Waals surface area contributed by atoms with E-state index in [1.165, 1.54) is 44.9 Å². The Morgan fingerprint density at radius 3 is 1.81 bits per heavy atom. The molecule has 0 saturated heterocycles. The summed E-state index contributed by atoms with van der Waals surface area (Å²) in [5, 5.41) is 6.89. The third-order valence-corrected chi connectivity index (χ3v) is 5.08. The Labute approximate surface area is 100 Å². The van der Waals surface area contributed by atoms with Crippen molar-refractivity contribution in [3.8, 4) is 0 Å². The van der Waals surface area contributed by atoms with Crippen molar-refractivity contribution in [2.24, 2.45) is 10.8 Å². The number of carbonyl (C=O) groups is 1. The third kappa shape index (κ3) is 2.99. The lowest BCUT2D eigenvalue weighted by Crippen LogP contribution is -2.36. The average Bonchev–Trinajstić information content (AvgIpc) is 2.79. The van der Waals surface area contributed by atoms with Crippen LogP contribution in [0.3, 0.4) is 0 Å². The minimum atomic E-state index is -0.250. The summed E-state index contributed by atoms with van der Waals surface area (Å²) >= 11 is 0. The molecule has 0 bridgehead atoms. The van der Waals surface area contributed by atoms with E-state index in [1.54, 1.807) is 0 Å². The molecule has 0 aromatic carbocycles. The fourth-order valence-electron chi connectivity index (χ4n) is 3.44. The zero-order chi connectivity index (χ0) is 12.7. The lowest BCUT2D eigenvalue weighted by Gasteiger charge is -2.46. The number of carboxylic acid groups (broad SMARTS) is 1. The topological polar surface area (TPSA) is 37.3 Å². The minimum Gasteiger partial charge on any atom is -0.483 e. The van der Waals surface area contributed by atoms with Crippen molar-refractivity contribution in [3.63, 3.8) is 0 Å². The molecule has 1 rings (SSSR count). The van der Waals surface area contributed by atoms with Gasteiger partial charge in [-0.3, -0.25) is 4.79 Å². The highest BCUT2D eigenvalue weighted by Crippen LogP contribution is 2.56. The van der Waals surface area contributed by atoms with Crippen molar-refractivity contribution in [3.05, 3.63) is 0 Å². The molecule has 96 valence electrons. The summed E-state index contributed by atoms with van der Waals surface area (Å²) in [6, 6.07) is 0. The van der Waals surface area contributed by atoms with Crippen molar-refractivity contribution < 1.29 is 9.90 Å². The first-order chi connectivity index (χ1) is 7.55. The molecule has 0 aromatic rings. The second kappa shape index (κ2) is 6.93. The minimum absolute atomic E-state index is 0.250. The molecule has 0 spiro atoms. The van der Waals surface area contributed by atoms with Crippen molar-refractivity contribution in [1.29, 1.82) is 0 Å². The van der Waals surface area contributed by atoms with E-state index in [-0.39, 0.29) is 6.47 Å². The van der Waals surface area contributed by atoms with E-state index in [1.807, 2.05) is 0 Å². The Morgan fingerprint density at radius 2 is 1.56 bits per heavy atom. The van der Waals surface area contributed by atoms with Gasteiger partial charge in [0.2, 0.25) is 0 Å². The van der Waals surface area contributed by atoms with Gasteiger partial charge in [-0.05, 0) is 30.1 Å². The van der Waals surface area contributed by atoms with E-state index in [4.69, 9.17) is 9.90 Å². The summed E-state index contributed by atoms with van der Waals surface area (Å²) in [5.74, 6) is 0. The summed E-state index contributed by atoms with van der Waals surface area (Å²) in [6.07, 6.45) is 10.0. The normalized spacial score (nSPS) is 18.8. The van der Waals surface area contributed by atoms with Crippen LogP contribution in [0, 0.1) is 10.8 Å². The van der Waals surface area contributed by atoms with Crippen LogP contribution in [0.2, 0.25) is 0 Å². The molecule has 0 aromatic heterocycles. The summed E-state index contributed by atoms with van der Waals surface area (Å²) in [5.41, 5.74) is 1.30. The Balaban J connectivity index is 0.000000673. The van der Waals surface area contributed by atoms with Crippen molar-refractivity contribution in [2.45, 2.75) is 72.6 Å². The lowest BCUT2D eigenvalue weighted by molar-refractivity contribution is -0.122. The van der Waals surface area contributed by atoms with E-state index >= 15 is 0 Å². The van der Waals surface area contributed by atoms with Gasteiger partial charge in [0.15, 0.2) is 0 Å². The van der Waals surface area contributed by atoms with Crippen LogP contribution < -0.4 is 0 Å². The van der Waals surface area contributed by atoms with Crippen molar-refractivity contribution in [1.82, 2.24) is 0 Å². The Kier molecular flexibility index (Phi) is 6.70. The Bertz CT molecular complexity index is 189. The van der Waals surface area contributed by atoms with Crippen molar-refractivity contribution in [2.75, 3.05) is 0 Å². The molecule has 2 nitrogen and oxygen atoms in total. The zero-order valence-electron chi connectivity index (χ0n) is 11.4. The fourth-order valence-corrected chi connectivity index (χ4v) is 3.44. The predicted molar refractivity (Wildman–Crippen MR) is 68.6 cm³/mol. The highest BCUT2D eigenvalue weighted by atomic mass is 16.3. The standard InChI is InChI=1S/C13H26.CH2O2/c1-5-12(4,6-2)13(7-3)10-8-9-11-13;2-1-3/h5-11H2,1-4H3;1H,(H,2,3). The van der Waals surface area contributed by atoms with Gasteiger partial charge >= 0.3 is 0 Å². The van der Waals surface area contributed by atoms with Gasteiger partial charge in [0.05, 0.1) is 0 Å². The van der Waals surface area contributed by atoms with Gasteiger partial charge in [0.1, 0.15) is 0 Å². The molecular weight excluding hydrogens is 200 g/mol. The molecular formula is C14H28O2. The smallest absolute Gasteiger partial charge is 0.290 e. The van der Waals surface area contributed by atoms with Crippen LogP contribution in [-0.2, 0) is 4.79 Å². The first-order valence-electron chi connectivity index (χ1n) is 6.63. The van der Waals surface area contributed by atoms with E-state index in [0.717, 1.165) is 0 Å². The molecule has 0 heterocycles. The average molecular weight is 228 g/mol. The van der Waals surface area contributed by atoms with E-state index < -0.39 is 0 Å². The molecule has 1 fully saturated rings. The third-order valence-electron chi connectivity index (χ3n) is 5.08. The first-order valence-corrected chi connectivity index (χ1v) is 6.63. The quantitative estimate of drug-likeness (QED) is 0.720. The molecule has 1 saturated carbocycles. The molecule has 1 N–H and O–H groups in total. The summed E-state index contributed by atoms with van der Waals surface area (Å²) in [7, 11) is 0. The SMILES string of the molecule is CCC(C)(CC)C1(CC)CCCC1.O=CO. The Hall–Kier alpha value is -0.530. The van der Waals surface area contributed by atoms with Gasteiger partial charge < -0.3 is 5.11 Å². The molecule has 1 aliphatic rings. The van der Waals surface area contributed by atoms with Crippen LogP contribution in [0.25, 0.3) is 0 Å². The number of hydrogen-bond acceptors (Lipinski definition) is 1. The van der Waals surface area contributed by atoms with Gasteiger partial charge in [-0.2, -0.15) is 0 Å². The van der Waals surface area contributed by atoms with Crippen LogP contribution in [-0.4, -0.2) is 11.6 Å². The van der Waals surface area contributed by atoms with Crippen LogP contribution >= 0.6 is 0 Å². The zero-order valence-corrected chi connectivity index (χ0v) is 11.4. The molecule has 0 atom stereocenters. The molecule has 0 amide bonds. The van der Waals surface area contributed by atoms with Crippen LogP contribution in [0.5, 0.6) is 0 Å².